The molecule has 32 heavy (non-hydrogen) atoms. The second kappa shape index (κ2) is 6.42. The fourth-order valence-electron chi connectivity index (χ4n) is 5.68. The number of aromatic nitrogens is 1. The smallest absolute Gasteiger partial charge is 0.0582 e. The van der Waals surface area contributed by atoms with Gasteiger partial charge >= 0.3 is 0 Å². The number of fused-ring (bicyclic) bond motifs is 10. The topological polar surface area (TPSA) is 4.93 Å². The highest BCUT2D eigenvalue weighted by atomic mass is 32.4. The van der Waals surface area contributed by atoms with Crippen LogP contribution in [0.15, 0.2) is 103 Å². The number of nitrogens with zero attached hydrogens (tertiary/aromatic N) is 1. The lowest BCUT2D eigenvalue weighted by molar-refractivity contribution is 1.02. The Morgan fingerprint density at radius 3 is 2.09 bits per heavy atom. The normalized spacial score (nSPS) is 17.2. The molecule has 1 aliphatic rings. The Morgan fingerprint density at radius 1 is 0.656 bits per heavy atom. The molecular formula is C29H20NPS. The lowest BCUT2D eigenvalue weighted by atomic mass is 9.96. The Bertz CT molecular complexity index is 1760. The van der Waals surface area contributed by atoms with Crippen LogP contribution < -0.4 is 15.9 Å². The van der Waals surface area contributed by atoms with E-state index < -0.39 is 6.04 Å². The molecule has 2 heterocycles. The highest BCUT2D eigenvalue weighted by Gasteiger charge is 2.39. The van der Waals surface area contributed by atoms with E-state index in [1.54, 1.807) is 0 Å². The second-order valence-electron chi connectivity index (χ2n) is 8.53. The molecule has 0 spiro atoms. The minimum Gasteiger partial charge on any atom is -0.343 e. The molecule has 3 heteroatoms. The van der Waals surface area contributed by atoms with Crippen LogP contribution in [0.25, 0.3) is 43.7 Å². The standard InChI is InChI=1S/C29H20NPS/c1-30-24-17-9-7-15-22(24)26-20-13-5-6-14-21(20)29-27(28(26)30)23-16-8-10-18-25(23)31(29,32)19-11-3-2-4-12-19/h2-18H,1H3. The third-order valence-electron chi connectivity index (χ3n) is 6.98. The molecule has 1 unspecified atom stereocenters. The Morgan fingerprint density at radius 2 is 1.28 bits per heavy atom. The van der Waals surface area contributed by atoms with Crippen molar-refractivity contribution in [3.05, 3.63) is 103 Å². The van der Waals surface area contributed by atoms with Crippen molar-refractivity contribution in [1.29, 1.82) is 0 Å². The van der Waals surface area contributed by atoms with Gasteiger partial charge in [-0.15, -0.1) is 0 Å². The summed E-state index contributed by atoms with van der Waals surface area (Å²) in [5, 5.41) is 9.19. The zero-order valence-corrected chi connectivity index (χ0v) is 19.3. The summed E-state index contributed by atoms with van der Waals surface area (Å²) in [5.74, 6) is 0. The predicted molar refractivity (Wildman–Crippen MR) is 143 cm³/mol. The van der Waals surface area contributed by atoms with Crippen LogP contribution in [0.5, 0.6) is 0 Å². The van der Waals surface area contributed by atoms with Crippen LogP contribution in [0.3, 0.4) is 0 Å². The van der Waals surface area contributed by atoms with Crippen molar-refractivity contribution in [3.8, 4) is 11.1 Å². The van der Waals surface area contributed by atoms with Crippen LogP contribution in [0.2, 0.25) is 0 Å². The lowest BCUT2D eigenvalue weighted by Crippen LogP contribution is -2.21. The highest BCUT2D eigenvalue weighted by molar-refractivity contribution is 8.26. The van der Waals surface area contributed by atoms with Crippen LogP contribution in [0.4, 0.5) is 0 Å². The molecule has 152 valence electrons. The van der Waals surface area contributed by atoms with Crippen molar-refractivity contribution in [2.45, 2.75) is 0 Å². The maximum absolute atomic E-state index is 6.76. The van der Waals surface area contributed by atoms with E-state index in [9.17, 15) is 0 Å². The molecule has 0 saturated heterocycles. The molecule has 0 fully saturated rings. The average molecular weight is 446 g/mol. The number of aryl methyl sites for hydroxylation is 1. The summed E-state index contributed by atoms with van der Waals surface area (Å²) < 4.78 is 2.38. The quantitative estimate of drug-likeness (QED) is 0.272. The van der Waals surface area contributed by atoms with E-state index in [1.807, 2.05) is 0 Å². The fourth-order valence-corrected chi connectivity index (χ4v) is 10.4. The van der Waals surface area contributed by atoms with Gasteiger partial charge in [0, 0.05) is 45.5 Å². The van der Waals surface area contributed by atoms with Crippen molar-refractivity contribution < 1.29 is 0 Å². The zero-order valence-electron chi connectivity index (χ0n) is 17.6. The van der Waals surface area contributed by atoms with E-state index in [2.05, 4.69) is 115 Å². The lowest BCUT2D eigenvalue weighted by Gasteiger charge is -2.22. The number of benzene rings is 5. The molecule has 0 radical (unpaired) electrons. The first-order valence-corrected chi connectivity index (χ1v) is 13.7. The van der Waals surface area contributed by atoms with Crippen LogP contribution in [0, 0.1) is 0 Å². The van der Waals surface area contributed by atoms with Gasteiger partial charge < -0.3 is 4.57 Å². The minimum atomic E-state index is -2.20. The Hall–Kier alpha value is -3.19. The van der Waals surface area contributed by atoms with Gasteiger partial charge in [0.1, 0.15) is 0 Å². The van der Waals surface area contributed by atoms with Crippen molar-refractivity contribution in [2.24, 2.45) is 7.05 Å². The number of hydrogen-bond acceptors (Lipinski definition) is 1. The van der Waals surface area contributed by atoms with Gasteiger partial charge in [-0.1, -0.05) is 109 Å². The maximum atomic E-state index is 6.76. The van der Waals surface area contributed by atoms with E-state index in [0.29, 0.717) is 0 Å². The summed E-state index contributed by atoms with van der Waals surface area (Å²) >= 11 is 6.76. The van der Waals surface area contributed by atoms with Gasteiger partial charge in [-0.3, -0.25) is 0 Å². The summed E-state index contributed by atoms with van der Waals surface area (Å²) in [6.45, 7) is 0. The average Bonchev–Trinajstić information content (AvgIpc) is 3.31. The van der Waals surface area contributed by atoms with Crippen LogP contribution in [-0.4, -0.2) is 4.57 Å². The van der Waals surface area contributed by atoms with Crippen molar-refractivity contribution >= 4 is 66.3 Å². The molecular weight excluding hydrogens is 425 g/mol. The van der Waals surface area contributed by atoms with Crippen molar-refractivity contribution in [1.82, 2.24) is 4.57 Å². The van der Waals surface area contributed by atoms with Crippen molar-refractivity contribution in [2.75, 3.05) is 0 Å². The van der Waals surface area contributed by atoms with Crippen molar-refractivity contribution in [3.63, 3.8) is 0 Å². The second-order valence-corrected chi connectivity index (χ2v) is 12.8. The summed E-state index contributed by atoms with van der Waals surface area (Å²) in [5.41, 5.74) is 5.20. The summed E-state index contributed by atoms with van der Waals surface area (Å²) in [6, 6.07) is 35.1. The number of para-hydroxylation sites is 1. The highest BCUT2D eigenvalue weighted by Crippen LogP contribution is 2.56. The molecule has 0 N–H and O–H groups in total. The molecule has 0 aliphatic carbocycles. The van der Waals surface area contributed by atoms with E-state index in [4.69, 9.17) is 11.8 Å². The number of rotatable bonds is 1. The monoisotopic (exact) mass is 445 g/mol. The SMILES string of the molecule is Cn1c2ccccc2c2c3ccccc3c3c(c21)-c1ccccc1P3(=S)c1ccccc1. The summed E-state index contributed by atoms with van der Waals surface area (Å²) in [4.78, 5) is 0. The number of hydrogen-bond donors (Lipinski definition) is 0. The molecule has 6 aromatic rings. The van der Waals surface area contributed by atoms with Gasteiger partial charge in [0.25, 0.3) is 0 Å². The van der Waals surface area contributed by atoms with Gasteiger partial charge in [-0.25, -0.2) is 0 Å². The molecule has 0 bridgehead atoms. The van der Waals surface area contributed by atoms with E-state index >= 15 is 0 Å². The summed E-state index contributed by atoms with van der Waals surface area (Å²) in [6.07, 6.45) is 0. The first-order chi connectivity index (χ1) is 15.7. The van der Waals surface area contributed by atoms with Crippen LogP contribution in [0.1, 0.15) is 0 Å². The molecule has 1 aromatic heterocycles. The third-order valence-corrected chi connectivity index (χ3v) is 11.9. The minimum absolute atomic E-state index is 1.26. The fraction of sp³-hybridized carbons (Fsp3) is 0.0345. The first kappa shape index (κ1) is 18.4. The molecule has 7 rings (SSSR count). The maximum Gasteiger partial charge on any atom is 0.0582 e. The van der Waals surface area contributed by atoms with E-state index in [-0.39, 0.29) is 0 Å². The summed E-state index contributed by atoms with van der Waals surface area (Å²) in [7, 11) is 2.20. The Kier molecular flexibility index (Phi) is 3.69. The molecule has 5 aromatic carbocycles. The molecule has 0 amide bonds. The van der Waals surface area contributed by atoms with Crippen LogP contribution in [-0.2, 0) is 18.9 Å². The predicted octanol–water partition coefficient (Wildman–Crippen LogP) is 6.22. The first-order valence-electron chi connectivity index (χ1n) is 10.9. The van der Waals surface area contributed by atoms with E-state index in [1.165, 1.54) is 59.6 Å². The van der Waals surface area contributed by atoms with Gasteiger partial charge in [-0.05, 0) is 27.7 Å². The molecule has 1 atom stereocenters. The van der Waals surface area contributed by atoms with Gasteiger partial charge in [0.05, 0.1) is 5.52 Å². The third kappa shape index (κ3) is 2.12. The largest absolute Gasteiger partial charge is 0.343 e. The molecule has 0 saturated carbocycles. The van der Waals surface area contributed by atoms with Gasteiger partial charge in [0.2, 0.25) is 0 Å². The zero-order chi connectivity index (χ0) is 21.4. The van der Waals surface area contributed by atoms with E-state index in [0.717, 1.165) is 0 Å². The van der Waals surface area contributed by atoms with Gasteiger partial charge in [0.15, 0.2) is 0 Å². The van der Waals surface area contributed by atoms with Crippen LogP contribution >= 0.6 is 6.04 Å². The van der Waals surface area contributed by atoms with Gasteiger partial charge in [-0.2, -0.15) is 0 Å². The Balaban J connectivity index is 1.83. The Labute approximate surface area is 191 Å². The molecule has 1 aliphatic heterocycles. The molecule has 1 nitrogen and oxygen atoms in total.